The molecule has 0 spiro atoms. The monoisotopic (exact) mass is 278 g/mol. The molecule has 1 amide bonds. The van der Waals surface area contributed by atoms with E-state index >= 15 is 0 Å². The van der Waals surface area contributed by atoms with Crippen molar-refractivity contribution in [3.8, 4) is 5.75 Å². The SMILES string of the molecule is CC(C)(C)OC(=O)N1CCC(COc2ccncc2)C1. The minimum atomic E-state index is -0.442. The van der Waals surface area contributed by atoms with E-state index in [9.17, 15) is 4.79 Å². The molecule has 1 saturated heterocycles. The lowest BCUT2D eigenvalue weighted by atomic mass is 10.1. The summed E-state index contributed by atoms with van der Waals surface area (Å²) in [4.78, 5) is 17.6. The summed E-state index contributed by atoms with van der Waals surface area (Å²) in [6.45, 7) is 7.68. The largest absolute Gasteiger partial charge is 0.493 e. The van der Waals surface area contributed by atoms with Gasteiger partial charge in [-0.2, -0.15) is 0 Å². The number of carbonyl (C=O) groups is 1. The lowest BCUT2D eigenvalue weighted by molar-refractivity contribution is 0.0285. The highest BCUT2D eigenvalue weighted by Crippen LogP contribution is 2.20. The molecule has 1 aliphatic rings. The van der Waals surface area contributed by atoms with Crippen LogP contribution in [0.5, 0.6) is 5.75 Å². The number of ether oxygens (including phenoxy) is 2. The Hall–Kier alpha value is -1.78. The fourth-order valence-electron chi connectivity index (χ4n) is 2.11. The number of rotatable bonds is 3. The third-order valence-electron chi connectivity index (χ3n) is 3.07. The molecule has 20 heavy (non-hydrogen) atoms. The van der Waals surface area contributed by atoms with Gasteiger partial charge in [-0.1, -0.05) is 0 Å². The number of pyridine rings is 1. The molecule has 1 aromatic rings. The number of amides is 1. The van der Waals surface area contributed by atoms with Gasteiger partial charge in [0.1, 0.15) is 11.4 Å². The third kappa shape index (κ3) is 4.40. The molecule has 2 rings (SSSR count). The van der Waals surface area contributed by atoms with Gasteiger partial charge in [0.05, 0.1) is 6.61 Å². The zero-order valence-corrected chi connectivity index (χ0v) is 12.3. The van der Waals surface area contributed by atoms with E-state index in [-0.39, 0.29) is 6.09 Å². The number of nitrogens with zero attached hydrogens (tertiary/aromatic N) is 2. The third-order valence-corrected chi connectivity index (χ3v) is 3.07. The normalized spacial score (nSPS) is 18.9. The molecule has 0 aromatic carbocycles. The second-order valence-electron chi connectivity index (χ2n) is 6.07. The van der Waals surface area contributed by atoms with E-state index in [1.54, 1.807) is 17.3 Å². The predicted octanol–water partition coefficient (Wildman–Crippen LogP) is 2.72. The van der Waals surface area contributed by atoms with Crippen molar-refractivity contribution in [1.82, 2.24) is 9.88 Å². The Labute approximate surface area is 119 Å². The highest BCUT2D eigenvalue weighted by atomic mass is 16.6. The van der Waals surface area contributed by atoms with Gasteiger partial charge in [-0.25, -0.2) is 4.79 Å². The van der Waals surface area contributed by atoms with Crippen LogP contribution >= 0.6 is 0 Å². The van der Waals surface area contributed by atoms with Crippen molar-refractivity contribution in [3.63, 3.8) is 0 Å². The first kappa shape index (κ1) is 14.6. The molecule has 0 N–H and O–H groups in total. The van der Waals surface area contributed by atoms with Crippen molar-refractivity contribution in [2.45, 2.75) is 32.8 Å². The van der Waals surface area contributed by atoms with Crippen LogP contribution in [0.1, 0.15) is 27.2 Å². The summed E-state index contributed by atoms with van der Waals surface area (Å²) in [6.07, 6.45) is 4.13. The van der Waals surface area contributed by atoms with Crippen molar-refractivity contribution in [1.29, 1.82) is 0 Å². The second kappa shape index (κ2) is 6.11. The fraction of sp³-hybridized carbons (Fsp3) is 0.600. The second-order valence-corrected chi connectivity index (χ2v) is 6.07. The maximum Gasteiger partial charge on any atom is 0.410 e. The van der Waals surface area contributed by atoms with Crippen LogP contribution in [0.2, 0.25) is 0 Å². The van der Waals surface area contributed by atoms with Gasteiger partial charge >= 0.3 is 6.09 Å². The van der Waals surface area contributed by atoms with Gasteiger partial charge in [0.25, 0.3) is 0 Å². The van der Waals surface area contributed by atoms with E-state index < -0.39 is 5.60 Å². The molecule has 5 heteroatoms. The minimum Gasteiger partial charge on any atom is -0.493 e. The van der Waals surface area contributed by atoms with Gasteiger partial charge in [-0.15, -0.1) is 0 Å². The standard InChI is InChI=1S/C15H22N2O3/c1-15(2,3)20-14(18)17-9-6-12(10-17)11-19-13-4-7-16-8-5-13/h4-5,7-8,12H,6,9-11H2,1-3H3. The molecule has 1 aliphatic heterocycles. The quantitative estimate of drug-likeness (QED) is 0.853. The summed E-state index contributed by atoms with van der Waals surface area (Å²) in [7, 11) is 0. The molecule has 110 valence electrons. The molecule has 1 unspecified atom stereocenters. The van der Waals surface area contributed by atoms with Gasteiger partial charge in [0.2, 0.25) is 0 Å². The van der Waals surface area contributed by atoms with Crippen molar-refractivity contribution in [2.75, 3.05) is 19.7 Å². The summed E-state index contributed by atoms with van der Waals surface area (Å²) in [5, 5.41) is 0. The number of hydrogen-bond donors (Lipinski definition) is 0. The highest BCUT2D eigenvalue weighted by molar-refractivity contribution is 5.68. The van der Waals surface area contributed by atoms with Crippen LogP contribution in [-0.4, -0.2) is 41.3 Å². The molecule has 1 atom stereocenters. The topological polar surface area (TPSA) is 51.7 Å². The number of hydrogen-bond acceptors (Lipinski definition) is 4. The molecule has 0 saturated carbocycles. The molecule has 0 aliphatic carbocycles. The summed E-state index contributed by atoms with van der Waals surface area (Å²) < 4.78 is 11.1. The maximum atomic E-state index is 11.9. The van der Waals surface area contributed by atoms with Crippen LogP contribution in [0.25, 0.3) is 0 Å². The van der Waals surface area contributed by atoms with E-state index in [0.29, 0.717) is 19.1 Å². The number of aromatic nitrogens is 1. The van der Waals surface area contributed by atoms with E-state index in [0.717, 1.165) is 18.7 Å². The lowest BCUT2D eigenvalue weighted by Crippen LogP contribution is -2.35. The Morgan fingerprint density at radius 2 is 2.10 bits per heavy atom. The molecule has 1 fully saturated rings. The predicted molar refractivity (Wildman–Crippen MR) is 75.6 cm³/mol. The van der Waals surface area contributed by atoms with Gasteiger partial charge in [-0.3, -0.25) is 4.98 Å². The van der Waals surface area contributed by atoms with Gasteiger partial charge in [-0.05, 0) is 39.3 Å². The molecule has 0 radical (unpaired) electrons. The zero-order valence-electron chi connectivity index (χ0n) is 12.3. The van der Waals surface area contributed by atoms with Gasteiger partial charge < -0.3 is 14.4 Å². The summed E-state index contributed by atoms with van der Waals surface area (Å²) in [5.41, 5.74) is -0.442. The van der Waals surface area contributed by atoms with E-state index in [1.807, 2.05) is 32.9 Å². The molecular weight excluding hydrogens is 256 g/mol. The Morgan fingerprint density at radius 3 is 2.75 bits per heavy atom. The van der Waals surface area contributed by atoms with Crippen molar-refractivity contribution < 1.29 is 14.3 Å². The average Bonchev–Trinajstić information content (AvgIpc) is 2.84. The number of likely N-dealkylation sites (tertiary alicyclic amines) is 1. The minimum absolute atomic E-state index is 0.232. The van der Waals surface area contributed by atoms with Crippen molar-refractivity contribution in [3.05, 3.63) is 24.5 Å². The first-order chi connectivity index (χ1) is 9.44. The summed E-state index contributed by atoms with van der Waals surface area (Å²) in [6, 6.07) is 3.67. The first-order valence-electron chi connectivity index (χ1n) is 6.95. The van der Waals surface area contributed by atoms with Gasteiger partial charge in [0.15, 0.2) is 0 Å². The van der Waals surface area contributed by atoms with E-state index in [4.69, 9.17) is 9.47 Å². The first-order valence-corrected chi connectivity index (χ1v) is 6.95. The Kier molecular flexibility index (Phi) is 4.47. The van der Waals surface area contributed by atoms with Crippen molar-refractivity contribution >= 4 is 6.09 Å². The van der Waals surface area contributed by atoms with E-state index in [2.05, 4.69) is 4.98 Å². The van der Waals surface area contributed by atoms with Crippen LogP contribution in [0, 0.1) is 5.92 Å². The molecular formula is C15H22N2O3. The van der Waals surface area contributed by atoms with Crippen LogP contribution in [0.15, 0.2) is 24.5 Å². The Bertz CT molecular complexity index is 442. The van der Waals surface area contributed by atoms with Crippen LogP contribution in [0.4, 0.5) is 4.79 Å². The highest BCUT2D eigenvalue weighted by Gasteiger charge is 2.29. The molecule has 0 bridgehead atoms. The van der Waals surface area contributed by atoms with Crippen molar-refractivity contribution in [2.24, 2.45) is 5.92 Å². The van der Waals surface area contributed by atoms with Crippen LogP contribution < -0.4 is 4.74 Å². The zero-order chi connectivity index (χ0) is 14.6. The Morgan fingerprint density at radius 1 is 1.40 bits per heavy atom. The smallest absolute Gasteiger partial charge is 0.410 e. The maximum absolute atomic E-state index is 11.9. The molecule has 2 heterocycles. The summed E-state index contributed by atoms with van der Waals surface area (Å²) >= 11 is 0. The van der Waals surface area contributed by atoms with Crippen LogP contribution in [0.3, 0.4) is 0 Å². The van der Waals surface area contributed by atoms with Gasteiger partial charge in [0, 0.05) is 31.4 Å². The lowest BCUT2D eigenvalue weighted by Gasteiger charge is -2.24. The average molecular weight is 278 g/mol. The Balaban J connectivity index is 1.76. The molecule has 1 aromatic heterocycles. The van der Waals surface area contributed by atoms with E-state index in [1.165, 1.54) is 0 Å². The van der Waals surface area contributed by atoms with Crippen LogP contribution in [-0.2, 0) is 4.74 Å². The number of carbonyl (C=O) groups excluding carboxylic acids is 1. The fourth-order valence-corrected chi connectivity index (χ4v) is 2.11. The summed E-state index contributed by atoms with van der Waals surface area (Å²) in [5.74, 6) is 1.17. The molecule has 5 nitrogen and oxygen atoms in total.